The largest absolute Gasteiger partial charge is 0.497 e. The van der Waals surface area contributed by atoms with Gasteiger partial charge in [0.15, 0.2) is 11.5 Å². The summed E-state index contributed by atoms with van der Waals surface area (Å²) >= 11 is 0. The molecule has 0 radical (unpaired) electrons. The van der Waals surface area contributed by atoms with E-state index in [0.717, 1.165) is 5.56 Å². The molecule has 0 saturated heterocycles. The van der Waals surface area contributed by atoms with E-state index in [-0.39, 0.29) is 18.2 Å². The van der Waals surface area contributed by atoms with Gasteiger partial charge in [0, 0.05) is 18.2 Å². The molecule has 3 aromatic carbocycles. The Morgan fingerprint density at radius 3 is 2.36 bits per heavy atom. The van der Waals surface area contributed by atoms with Crippen molar-refractivity contribution in [2.45, 2.75) is 6.61 Å². The summed E-state index contributed by atoms with van der Waals surface area (Å²) in [5.41, 5.74) is 7.72. The first-order valence-corrected chi connectivity index (χ1v) is 8.69. The normalized spacial score (nSPS) is 10.1. The standard InChI is InChI=1S/C22H22FNO3.ClH/c1-25-18-8-9-19(20(23)14-18)17-7-10-21(26-12-11-24)22(13-17)27-15-16-5-3-2-4-6-16;/h2-10,13-14H,11-12,15,24H2,1H3;1H. The number of benzene rings is 3. The van der Waals surface area contributed by atoms with E-state index in [1.54, 1.807) is 30.3 Å². The Labute approximate surface area is 170 Å². The van der Waals surface area contributed by atoms with Crippen LogP contribution in [-0.2, 0) is 6.61 Å². The average Bonchev–Trinajstić information content (AvgIpc) is 2.71. The van der Waals surface area contributed by atoms with E-state index in [1.807, 2.05) is 30.3 Å². The van der Waals surface area contributed by atoms with Gasteiger partial charge in [0.05, 0.1) is 7.11 Å². The molecule has 0 fully saturated rings. The third kappa shape index (κ3) is 5.38. The molecule has 0 aliphatic heterocycles. The number of hydrogen-bond acceptors (Lipinski definition) is 4. The van der Waals surface area contributed by atoms with Gasteiger partial charge in [-0.1, -0.05) is 36.4 Å². The molecule has 0 unspecified atom stereocenters. The minimum absolute atomic E-state index is 0. The highest BCUT2D eigenvalue weighted by Gasteiger charge is 2.12. The smallest absolute Gasteiger partial charge is 0.162 e. The molecule has 4 nitrogen and oxygen atoms in total. The highest BCUT2D eigenvalue weighted by Crippen LogP contribution is 2.35. The molecule has 0 heterocycles. The molecule has 3 aromatic rings. The molecule has 0 atom stereocenters. The first-order valence-electron chi connectivity index (χ1n) is 8.69. The Bertz CT molecular complexity index is 890. The van der Waals surface area contributed by atoms with Crippen molar-refractivity contribution in [2.24, 2.45) is 5.73 Å². The van der Waals surface area contributed by atoms with Crippen LogP contribution in [-0.4, -0.2) is 20.3 Å². The zero-order valence-electron chi connectivity index (χ0n) is 15.6. The lowest BCUT2D eigenvalue weighted by molar-refractivity contribution is 0.266. The van der Waals surface area contributed by atoms with E-state index in [2.05, 4.69) is 0 Å². The maximum atomic E-state index is 14.4. The van der Waals surface area contributed by atoms with Gasteiger partial charge in [-0.3, -0.25) is 0 Å². The summed E-state index contributed by atoms with van der Waals surface area (Å²) in [5, 5.41) is 0. The molecule has 148 valence electrons. The molecule has 6 heteroatoms. The van der Waals surface area contributed by atoms with E-state index in [1.165, 1.54) is 13.2 Å². The second kappa shape index (κ2) is 10.5. The van der Waals surface area contributed by atoms with Crippen LogP contribution in [0.3, 0.4) is 0 Å². The van der Waals surface area contributed by atoms with Crippen molar-refractivity contribution in [3.8, 4) is 28.4 Å². The predicted octanol–water partition coefficient (Wildman–Crippen LogP) is 4.84. The van der Waals surface area contributed by atoms with Crippen molar-refractivity contribution in [3.63, 3.8) is 0 Å². The van der Waals surface area contributed by atoms with E-state index in [9.17, 15) is 4.39 Å². The fourth-order valence-electron chi connectivity index (χ4n) is 2.67. The Balaban J connectivity index is 0.00000280. The topological polar surface area (TPSA) is 53.7 Å². The van der Waals surface area contributed by atoms with Gasteiger partial charge in [0.1, 0.15) is 24.8 Å². The first-order chi connectivity index (χ1) is 13.2. The number of ether oxygens (including phenoxy) is 3. The second-order valence-corrected chi connectivity index (χ2v) is 5.92. The highest BCUT2D eigenvalue weighted by atomic mass is 35.5. The van der Waals surface area contributed by atoms with Crippen molar-refractivity contribution in [1.82, 2.24) is 0 Å². The molecule has 0 aliphatic rings. The zero-order valence-corrected chi connectivity index (χ0v) is 16.4. The summed E-state index contributed by atoms with van der Waals surface area (Å²) in [5.74, 6) is 1.23. The fourth-order valence-corrected chi connectivity index (χ4v) is 2.67. The average molecular weight is 404 g/mol. The lowest BCUT2D eigenvalue weighted by Gasteiger charge is -2.15. The molecule has 0 amide bonds. The molecule has 2 N–H and O–H groups in total. The summed E-state index contributed by atoms with van der Waals surface area (Å²) in [6.07, 6.45) is 0. The second-order valence-electron chi connectivity index (χ2n) is 5.92. The Morgan fingerprint density at radius 1 is 0.893 bits per heavy atom. The van der Waals surface area contributed by atoms with Crippen LogP contribution in [0, 0.1) is 5.82 Å². The van der Waals surface area contributed by atoms with Crippen molar-refractivity contribution in [2.75, 3.05) is 20.3 Å². The molecular formula is C22H23ClFNO3. The lowest BCUT2D eigenvalue weighted by atomic mass is 10.0. The minimum atomic E-state index is -0.362. The Morgan fingerprint density at radius 2 is 1.68 bits per heavy atom. The SMILES string of the molecule is COc1ccc(-c2ccc(OCCN)c(OCc3ccccc3)c2)c(F)c1.Cl. The van der Waals surface area contributed by atoms with Gasteiger partial charge in [-0.15, -0.1) is 12.4 Å². The third-order valence-corrected chi connectivity index (χ3v) is 4.04. The van der Waals surface area contributed by atoms with Crippen LogP contribution in [0.4, 0.5) is 4.39 Å². The number of halogens is 2. The molecule has 0 saturated carbocycles. The van der Waals surface area contributed by atoms with E-state index in [0.29, 0.717) is 48.1 Å². The number of nitrogens with two attached hydrogens (primary N) is 1. The first kappa shape index (κ1) is 21.5. The van der Waals surface area contributed by atoms with Crippen molar-refractivity contribution < 1.29 is 18.6 Å². The van der Waals surface area contributed by atoms with Gasteiger partial charge < -0.3 is 19.9 Å². The Hall–Kier alpha value is -2.76. The van der Waals surface area contributed by atoms with Crippen molar-refractivity contribution in [3.05, 3.63) is 78.1 Å². The molecule has 0 spiro atoms. The van der Waals surface area contributed by atoms with Crippen LogP contribution >= 0.6 is 12.4 Å². The number of rotatable bonds is 8. The van der Waals surface area contributed by atoms with E-state index in [4.69, 9.17) is 19.9 Å². The lowest BCUT2D eigenvalue weighted by Crippen LogP contribution is -2.11. The summed E-state index contributed by atoms with van der Waals surface area (Å²) in [6, 6.07) is 19.9. The summed E-state index contributed by atoms with van der Waals surface area (Å²) in [6.45, 7) is 1.15. The highest BCUT2D eigenvalue weighted by molar-refractivity contribution is 5.85. The molecular weight excluding hydrogens is 381 g/mol. The molecule has 0 aliphatic carbocycles. The van der Waals surface area contributed by atoms with Gasteiger partial charge in [-0.2, -0.15) is 0 Å². The summed E-state index contributed by atoms with van der Waals surface area (Å²) < 4.78 is 31.1. The molecule has 0 bridgehead atoms. The fraction of sp³-hybridized carbons (Fsp3) is 0.182. The molecule has 3 rings (SSSR count). The van der Waals surface area contributed by atoms with Gasteiger partial charge >= 0.3 is 0 Å². The Kier molecular flexibility index (Phi) is 8.11. The predicted molar refractivity (Wildman–Crippen MR) is 111 cm³/mol. The third-order valence-electron chi connectivity index (χ3n) is 4.04. The maximum Gasteiger partial charge on any atom is 0.162 e. The van der Waals surface area contributed by atoms with E-state index >= 15 is 0 Å². The molecule has 0 aromatic heterocycles. The van der Waals surface area contributed by atoms with Gasteiger partial charge in [-0.05, 0) is 35.4 Å². The molecule has 28 heavy (non-hydrogen) atoms. The summed E-state index contributed by atoms with van der Waals surface area (Å²) in [4.78, 5) is 0. The maximum absolute atomic E-state index is 14.4. The van der Waals surface area contributed by atoms with Crippen molar-refractivity contribution >= 4 is 12.4 Å². The van der Waals surface area contributed by atoms with Crippen LogP contribution in [0.1, 0.15) is 5.56 Å². The van der Waals surface area contributed by atoms with Crippen molar-refractivity contribution in [1.29, 1.82) is 0 Å². The quantitative estimate of drug-likeness (QED) is 0.584. The van der Waals surface area contributed by atoms with Crippen LogP contribution in [0.15, 0.2) is 66.7 Å². The number of methoxy groups -OCH3 is 1. The van der Waals surface area contributed by atoms with Gasteiger partial charge in [0.2, 0.25) is 0 Å². The van der Waals surface area contributed by atoms with Crippen LogP contribution in [0.5, 0.6) is 17.2 Å². The van der Waals surface area contributed by atoms with Crippen LogP contribution in [0.2, 0.25) is 0 Å². The van der Waals surface area contributed by atoms with Gasteiger partial charge in [0.25, 0.3) is 0 Å². The monoisotopic (exact) mass is 403 g/mol. The zero-order chi connectivity index (χ0) is 19.1. The van der Waals surface area contributed by atoms with Gasteiger partial charge in [-0.25, -0.2) is 4.39 Å². The van der Waals surface area contributed by atoms with Crippen LogP contribution in [0.25, 0.3) is 11.1 Å². The van der Waals surface area contributed by atoms with Crippen LogP contribution < -0.4 is 19.9 Å². The van der Waals surface area contributed by atoms with E-state index < -0.39 is 0 Å². The summed E-state index contributed by atoms with van der Waals surface area (Å²) in [7, 11) is 1.51. The minimum Gasteiger partial charge on any atom is -0.497 e. The number of hydrogen-bond donors (Lipinski definition) is 1.